The first-order valence-corrected chi connectivity index (χ1v) is 9.64. The van der Waals surface area contributed by atoms with Gasteiger partial charge >= 0.3 is 0 Å². The Kier molecular flexibility index (Phi) is 4.85. The van der Waals surface area contributed by atoms with E-state index in [1.165, 1.54) is 0 Å². The molecule has 7 heteroatoms. The smallest absolute Gasteiger partial charge is 0.231 e. The van der Waals surface area contributed by atoms with E-state index in [4.69, 9.17) is 14.0 Å². The molecule has 3 heterocycles. The van der Waals surface area contributed by atoms with Crippen molar-refractivity contribution in [1.29, 1.82) is 0 Å². The minimum Gasteiger partial charge on any atom is -0.486 e. The number of anilines is 1. The molecule has 1 aliphatic heterocycles. The Labute approximate surface area is 161 Å². The molecule has 0 N–H and O–H groups in total. The van der Waals surface area contributed by atoms with Gasteiger partial charge in [0.15, 0.2) is 11.5 Å². The number of thiophene rings is 1. The predicted octanol–water partition coefficient (Wildman–Crippen LogP) is 3.90. The first-order chi connectivity index (χ1) is 13.1. The Bertz CT molecular complexity index is 930. The molecule has 1 aliphatic rings. The molecule has 0 saturated heterocycles. The number of aromatic nitrogens is 1. The molecule has 0 unspecified atom stereocenters. The van der Waals surface area contributed by atoms with Crippen LogP contribution in [0.2, 0.25) is 0 Å². The lowest BCUT2D eigenvalue weighted by molar-refractivity contribution is -0.118. The largest absolute Gasteiger partial charge is 0.486 e. The summed E-state index contributed by atoms with van der Waals surface area (Å²) in [4.78, 5) is 16.1. The van der Waals surface area contributed by atoms with Gasteiger partial charge in [0.1, 0.15) is 19.0 Å². The van der Waals surface area contributed by atoms with Gasteiger partial charge in [0.05, 0.1) is 18.7 Å². The van der Waals surface area contributed by atoms with E-state index in [1.54, 1.807) is 16.2 Å². The summed E-state index contributed by atoms with van der Waals surface area (Å²) in [5.41, 5.74) is 2.37. The van der Waals surface area contributed by atoms with Crippen LogP contribution in [0.5, 0.6) is 11.5 Å². The lowest BCUT2D eigenvalue weighted by Crippen LogP contribution is -2.32. The standard InChI is InChI=1S/C20H20N2O4S/c1-13-17(14(2)26-21-13)11-20(23)22(12-16-4-3-9-27-16)15-5-6-18-19(10-15)25-8-7-24-18/h3-6,9-10H,7-8,11-12H2,1-2H3. The second-order valence-corrected chi connectivity index (χ2v) is 7.40. The molecule has 27 heavy (non-hydrogen) atoms. The first-order valence-electron chi connectivity index (χ1n) is 8.76. The molecule has 0 atom stereocenters. The van der Waals surface area contributed by atoms with E-state index in [0.717, 1.165) is 21.8 Å². The van der Waals surface area contributed by atoms with Crippen LogP contribution in [0, 0.1) is 13.8 Å². The minimum atomic E-state index is -0.0190. The van der Waals surface area contributed by atoms with Gasteiger partial charge in [-0.3, -0.25) is 4.79 Å². The van der Waals surface area contributed by atoms with Crippen molar-refractivity contribution in [2.45, 2.75) is 26.8 Å². The summed E-state index contributed by atoms with van der Waals surface area (Å²) in [5, 5.41) is 5.96. The van der Waals surface area contributed by atoms with Crippen molar-refractivity contribution in [1.82, 2.24) is 5.16 Å². The van der Waals surface area contributed by atoms with Gasteiger partial charge in [-0.2, -0.15) is 0 Å². The molecule has 140 valence electrons. The van der Waals surface area contributed by atoms with Gasteiger partial charge in [-0.1, -0.05) is 11.2 Å². The van der Waals surface area contributed by atoms with E-state index in [0.29, 0.717) is 37.0 Å². The van der Waals surface area contributed by atoms with Crippen molar-refractivity contribution < 1.29 is 18.8 Å². The molecule has 0 spiro atoms. The average Bonchev–Trinajstić information content (AvgIpc) is 3.31. The molecule has 6 nitrogen and oxygen atoms in total. The summed E-state index contributed by atoms with van der Waals surface area (Å²) in [7, 11) is 0. The number of hydrogen-bond acceptors (Lipinski definition) is 6. The van der Waals surface area contributed by atoms with Crippen LogP contribution in [0.4, 0.5) is 5.69 Å². The molecule has 2 aromatic heterocycles. The quantitative estimate of drug-likeness (QED) is 0.667. The summed E-state index contributed by atoms with van der Waals surface area (Å²) in [6.07, 6.45) is 0.237. The van der Waals surface area contributed by atoms with Crippen LogP contribution in [0.15, 0.2) is 40.2 Å². The maximum atomic E-state index is 13.2. The molecule has 0 saturated carbocycles. The van der Waals surface area contributed by atoms with Crippen LogP contribution in [0.1, 0.15) is 21.9 Å². The number of nitrogens with zero attached hydrogens (tertiary/aromatic N) is 2. The van der Waals surface area contributed by atoms with Crippen LogP contribution in [-0.2, 0) is 17.8 Å². The normalized spacial score (nSPS) is 12.8. The SMILES string of the molecule is Cc1noc(C)c1CC(=O)N(Cc1cccs1)c1ccc2c(c1)OCCO2. The molecule has 4 rings (SSSR count). The minimum absolute atomic E-state index is 0.0190. The van der Waals surface area contributed by atoms with Gasteiger partial charge in [-0.15, -0.1) is 11.3 Å². The van der Waals surface area contributed by atoms with Crippen molar-refractivity contribution in [2.75, 3.05) is 18.1 Å². The Morgan fingerprint density at radius 1 is 1.19 bits per heavy atom. The summed E-state index contributed by atoms with van der Waals surface area (Å²) in [6, 6.07) is 9.63. The van der Waals surface area contributed by atoms with E-state index < -0.39 is 0 Å². The fourth-order valence-corrected chi connectivity index (χ4v) is 3.78. The second-order valence-electron chi connectivity index (χ2n) is 6.37. The highest BCUT2D eigenvalue weighted by molar-refractivity contribution is 7.09. The summed E-state index contributed by atoms with van der Waals surface area (Å²) >= 11 is 1.63. The van der Waals surface area contributed by atoms with Gasteiger partial charge in [0.25, 0.3) is 0 Å². The molecule has 0 aliphatic carbocycles. The van der Waals surface area contributed by atoms with Gasteiger partial charge in [-0.25, -0.2) is 0 Å². The number of carbonyl (C=O) groups excluding carboxylic acids is 1. The second kappa shape index (κ2) is 7.44. The highest BCUT2D eigenvalue weighted by Gasteiger charge is 2.23. The van der Waals surface area contributed by atoms with Crippen molar-refractivity contribution in [2.24, 2.45) is 0 Å². The van der Waals surface area contributed by atoms with Gasteiger partial charge in [0, 0.05) is 22.2 Å². The predicted molar refractivity (Wildman–Crippen MR) is 103 cm³/mol. The maximum absolute atomic E-state index is 13.2. The van der Waals surface area contributed by atoms with Gasteiger partial charge in [0.2, 0.25) is 5.91 Å². The molecular formula is C20H20N2O4S. The van der Waals surface area contributed by atoms with Crippen LogP contribution in [-0.4, -0.2) is 24.3 Å². The zero-order valence-corrected chi connectivity index (χ0v) is 16.0. The van der Waals surface area contributed by atoms with Crippen molar-refractivity contribution >= 4 is 22.9 Å². The topological polar surface area (TPSA) is 64.8 Å². The average molecular weight is 384 g/mol. The highest BCUT2D eigenvalue weighted by atomic mass is 32.1. The number of aryl methyl sites for hydroxylation is 2. The van der Waals surface area contributed by atoms with Crippen LogP contribution in [0.25, 0.3) is 0 Å². The van der Waals surface area contributed by atoms with E-state index >= 15 is 0 Å². The van der Waals surface area contributed by atoms with Crippen molar-refractivity contribution in [3.63, 3.8) is 0 Å². The van der Waals surface area contributed by atoms with Gasteiger partial charge < -0.3 is 18.9 Å². The molecule has 1 amide bonds. The molecule has 0 radical (unpaired) electrons. The summed E-state index contributed by atoms with van der Waals surface area (Å²) < 4.78 is 16.5. The number of hydrogen-bond donors (Lipinski definition) is 0. The Morgan fingerprint density at radius 3 is 2.70 bits per heavy atom. The third-order valence-corrected chi connectivity index (χ3v) is 5.40. The van der Waals surface area contributed by atoms with Gasteiger partial charge in [-0.05, 0) is 37.4 Å². The fourth-order valence-electron chi connectivity index (χ4n) is 3.08. The van der Waals surface area contributed by atoms with E-state index in [2.05, 4.69) is 5.16 Å². The molecule has 0 fully saturated rings. The monoisotopic (exact) mass is 384 g/mol. The van der Waals surface area contributed by atoms with E-state index in [-0.39, 0.29) is 12.3 Å². The highest BCUT2D eigenvalue weighted by Crippen LogP contribution is 2.35. The zero-order valence-electron chi connectivity index (χ0n) is 15.2. The van der Waals surface area contributed by atoms with Crippen molar-refractivity contribution in [3.8, 4) is 11.5 Å². The third-order valence-electron chi connectivity index (χ3n) is 4.54. The lowest BCUT2D eigenvalue weighted by Gasteiger charge is -2.25. The molecular weight excluding hydrogens is 364 g/mol. The number of carbonyl (C=O) groups is 1. The number of rotatable bonds is 5. The number of benzene rings is 1. The molecule has 3 aromatic rings. The molecule has 1 aromatic carbocycles. The maximum Gasteiger partial charge on any atom is 0.231 e. The summed E-state index contributed by atoms with van der Waals surface area (Å²) in [5.74, 6) is 2.04. The molecule has 0 bridgehead atoms. The Balaban J connectivity index is 1.65. The number of ether oxygens (including phenoxy) is 2. The zero-order chi connectivity index (χ0) is 18.8. The number of amides is 1. The van der Waals surface area contributed by atoms with Crippen LogP contribution >= 0.6 is 11.3 Å². The van der Waals surface area contributed by atoms with Crippen LogP contribution in [0.3, 0.4) is 0 Å². The number of fused-ring (bicyclic) bond motifs is 1. The third kappa shape index (κ3) is 3.68. The van der Waals surface area contributed by atoms with E-state index in [9.17, 15) is 4.79 Å². The summed E-state index contributed by atoms with van der Waals surface area (Å²) in [6.45, 7) is 5.23. The van der Waals surface area contributed by atoms with E-state index in [1.807, 2.05) is 49.6 Å². The Hall–Kier alpha value is -2.80. The fraction of sp³-hybridized carbons (Fsp3) is 0.300. The Morgan fingerprint density at radius 2 is 2.00 bits per heavy atom. The first kappa shape index (κ1) is 17.6. The van der Waals surface area contributed by atoms with Crippen LogP contribution < -0.4 is 14.4 Å². The van der Waals surface area contributed by atoms with Crippen molar-refractivity contribution in [3.05, 3.63) is 57.6 Å². The lowest BCUT2D eigenvalue weighted by atomic mass is 10.1.